The molecule has 0 radical (unpaired) electrons. The molecule has 116 valence electrons. The van der Waals surface area contributed by atoms with Gasteiger partial charge >= 0.3 is 0 Å². The monoisotopic (exact) mass is 307 g/mol. The van der Waals surface area contributed by atoms with Crippen LogP contribution in [0.25, 0.3) is 11.0 Å². The van der Waals surface area contributed by atoms with Crippen molar-refractivity contribution in [1.82, 2.24) is 19.9 Å². The van der Waals surface area contributed by atoms with Crippen molar-refractivity contribution in [2.75, 3.05) is 16.8 Å². The number of fused-ring (bicyclic) bond motifs is 2. The van der Waals surface area contributed by atoms with Crippen LogP contribution >= 0.6 is 0 Å². The van der Waals surface area contributed by atoms with Crippen molar-refractivity contribution in [3.63, 3.8) is 0 Å². The van der Waals surface area contributed by atoms with Crippen LogP contribution in [0.2, 0.25) is 0 Å². The van der Waals surface area contributed by atoms with Crippen molar-refractivity contribution in [2.45, 2.75) is 25.3 Å². The summed E-state index contributed by atoms with van der Waals surface area (Å²) in [5.74, 6) is 0.932. The van der Waals surface area contributed by atoms with Gasteiger partial charge < -0.3 is 16.8 Å². The van der Waals surface area contributed by atoms with Crippen LogP contribution in [0.15, 0.2) is 30.5 Å². The van der Waals surface area contributed by atoms with Gasteiger partial charge in [-0.2, -0.15) is 15.0 Å². The molecule has 0 bridgehead atoms. The maximum absolute atomic E-state index is 5.82. The molecule has 1 aliphatic rings. The van der Waals surface area contributed by atoms with Crippen LogP contribution in [0.3, 0.4) is 0 Å². The van der Waals surface area contributed by atoms with Crippen LogP contribution in [-0.4, -0.2) is 19.9 Å². The van der Waals surface area contributed by atoms with E-state index in [1.54, 1.807) is 6.20 Å². The van der Waals surface area contributed by atoms with Crippen LogP contribution < -0.4 is 16.8 Å². The lowest BCUT2D eigenvalue weighted by Gasteiger charge is -2.26. The van der Waals surface area contributed by atoms with Gasteiger partial charge in [-0.05, 0) is 30.4 Å². The summed E-state index contributed by atoms with van der Waals surface area (Å²) in [7, 11) is 0. The van der Waals surface area contributed by atoms with Crippen molar-refractivity contribution >= 4 is 28.7 Å². The number of nitrogens with one attached hydrogen (secondary N) is 1. The third kappa shape index (κ3) is 2.50. The summed E-state index contributed by atoms with van der Waals surface area (Å²) in [5, 5.41) is 4.01. The minimum absolute atomic E-state index is 0.114. The average Bonchev–Trinajstić information content (AvgIpc) is 2.55. The second-order valence-corrected chi connectivity index (χ2v) is 5.69. The third-order valence-electron chi connectivity index (χ3n) is 4.17. The van der Waals surface area contributed by atoms with E-state index in [1.165, 1.54) is 11.1 Å². The molecule has 1 atom stereocenters. The molecule has 0 fully saturated rings. The number of rotatable bonds is 2. The van der Waals surface area contributed by atoms with Gasteiger partial charge in [-0.15, -0.1) is 0 Å². The molecule has 4 rings (SSSR count). The molecule has 3 aromatic rings. The van der Waals surface area contributed by atoms with Crippen molar-refractivity contribution in [3.05, 3.63) is 41.6 Å². The van der Waals surface area contributed by atoms with Gasteiger partial charge in [0.1, 0.15) is 5.82 Å². The fourth-order valence-electron chi connectivity index (χ4n) is 3.09. The molecular formula is C16H17N7. The summed E-state index contributed by atoms with van der Waals surface area (Å²) in [5.41, 5.74) is 14.6. The van der Waals surface area contributed by atoms with Crippen LogP contribution in [0.5, 0.6) is 0 Å². The maximum atomic E-state index is 5.82. The van der Waals surface area contributed by atoms with E-state index in [0.717, 1.165) is 19.3 Å². The number of aryl methyl sites for hydroxylation is 1. The first-order chi connectivity index (χ1) is 11.2. The molecule has 0 saturated heterocycles. The number of anilines is 3. The van der Waals surface area contributed by atoms with Gasteiger partial charge in [0.25, 0.3) is 0 Å². The van der Waals surface area contributed by atoms with Gasteiger partial charge in [-0.1, -0.05) is 24.3 Å². The number of nitrogens with zero attached hydrogens (tertiary/aromatic N) is 4. The maximum Gasteiger partial charge on any atom is 0.225 e. The van der Waals surface area contributed by atoms with E-state index in [4.69, 9.17) is 11.5 Å². The van der Waals surface area contributed by atoms with Crippen LogP contribution in [0.1, 0.15) is 30.0 Å². The molecule has 2 heterocycles. The molecule has 0 amide bonds. The molecule has 1 unspecified atom stereocenters. The van der Waals surface area contributed by atoms with Gasteiger partial charge in [0.15, 0.2) is 5.65 Å². The van der Waals surface area contributed by atoms with Gasteiger partial charge in [0.2, 0.25) is 11.9 Å². The predicted molar refractivity (Wildman–Crippen MR) is 89.7 cm³/mol. The predicted octanol–water partition coefficient (Wildman–Crippen LogP) is 2.07. The minimum atomic E-state index is 0.114. The first-order valence-corrected chi connectivity index (χ1v) is 7.61. The van der Waals surface area contributed by atoms with Gasteiger partial charge in [0.05, 0.1) is 11.4 Å². The number of hydrogen-bond donors (Lipinski definition) is 3. The minimum Gasteiger partial charge on any atom is -0.383 e. The lowest BCUT2D eigenvalue weighted by molar-refractivity contribution is 0.597. The van der Waals surface area contributed by atoms with E-state index in [-0.39, 0.29) is 12.0 Å². The zero-order valence-electron chi connectivity index (χ0n) is 12.5. The van der Waals surface area contributed by atoms with Gasteiger partial charge in [0, 0.05) is 6.20 Å². The lowest BCUT2D eigenvalue weighted by atomic mass is 9.88. The van der Waals surface area contributed by atoms with E-state index < -0.39 is 0 Å². The second kappa shape index (κ2) is 5.35. The Bertz CT molecular complexity index is 877. The molecule has 5 N–H and O–H groups in total. The van der Waals surface area contributed by atoms with Crippen LogP contribution in [-0.2, 0) is 6.42 Å². The Hall–Kier alpha value is -2.96. The molecule has 1 aliphatic carbocycles. The molecule has 0 saturated carbocycles. The summed E-state index contributed by atoms with van der Waals surface area (Å²) in [6, 6.07) is 8.68. The van der Waals surface area contributed by atoms with Crippen molar-refractivity contribution in [2.24, 2.45) is 0 Å². The zero-order chi connectivity index (χ0) is 15.8. The summed E-state index contributed by atoms with van der Waals surface area (Å²) in [6.45, 7) is 0. The molecule has 2 aromatic heterocycles. The highest BCUT2D eigenvalue weighted by molar-refractivity contribution is 5.85. The number of nitrogen functional groups attached to an aromatic ring is 2. The largest absolute Gasteiger partial charge is 0.383 e. The second-order valence-electron chi connectivity index (χ2n) is 5.69. The van der Waals surface area contributed by atoms with Crippen LogP contribution in [0.4, 0.5) is 17.7 Å². The number of hydrogen-bond acceptors (Lipinski definition) is 7. The Labute approximate surface area is 133 Å². The fourth-order valence-corrected chi connectivity index (χ4v) is 3.09. The fraction of sp³-hybridized carbons (Fsp3) is 0.250. The molecule has 7 heteroatoms. The molecule has 1 aromatic carbocycles. The van der Waals surface area contributed by atoms with E-state index >= 15 is 0 Å². The van der Waals surface area contributed by atoms with Crippen molar-refractivity contribution in [1.29, 1.82) is 0 Å². The third-order valence-corrected chi connectivity index (χ3v) is 4.17. The van der Waals surface area contributed by atoms with E-state index in [1.807, 2.05) is 0 Å². The molecule has 0 spiro atoms. The van der Waals surface area contributed by atoms with E-state index in [2.05, 4.69) is 49.5 Å². The highest BCUT2D eigenvalue weighted by Gasteiger charge is 2.20. The Morgan fingerprint density at radius 2 is 1.96 bits per heavy atom. The summed E-state index contributed by atoms with van der Waals surface area (Å²) >= 11 is 0. The summed E-state index contributed by atoms with van der Waals surface area (Å²) < 4.78 is 0. The first kappa shape index (κ1) is 13.7. The molecular weight excluding hydrogens is 290 g/mol. The SMILES string of the molecule is Nc1nc(N)c2cnc(NC3CCCc4ccccc43)nc2n1. The molecule has 23 heavy (non-hydrogen) atoms. The Morgan fingerprint density at radius 1 is 1.09 bits per heavy atom. The molecule has 7 nitrogen and oxygen atoms in total. The van der Waals surface area contributed by atoms with Crippen LogP contribution in [0, 0.1) is 0 Å². The van der Waals surface area contributed by atoms with Gasteiger partial charge in [-0.25, -0.2) is 4.98 Å². The normalized spacial score (nSPS) is 17.0. The highest BCUT2D eigenvalue weighted by atomic mass is 15.2. The highest BCUT2D eigenvalue weighted by Crippen LogP contribution is 2.31. The quantitative estimate of drug-likeness (QED) is 0.663. The Kier molecular flexibility index (Phi) is 3.18. The Balaban J connectivity index is 1.69. The Morgan fingerprint density at radius 3 is 2.87 bits per heavy atom. The smallest absolute Gasteiger partial charge is 0.225 e. The average molecular weight is 307 g/mol. The topological polar surface area (TPSA) is 116 Å². The number of benzene rings is 1. The van der Waals surface area contributed by atoms with Crippen molar-refractivity contribution < 1.29 is 0 Å². The van der Waals surface area contributed by atoms with E-state index in [9.17, 15) is 0 Å². The number of nitrogens with two attached hydrogens (primary N) is 2. The first-order valence-electron chi connectivity index (χ1n) is 7.61. The van der Waals surface area contributed by atoms with Crippen molar-refractivity contribution in [3.8, 4) is 0 Å². The van der Waals surface area contributed by atoms with E-state index in [0.29, 0.717) is 22.8 Å². The summed E-state index contributed by atoms with van der Waals surface area (Å²) in [4.78, 5) is 16.8. The number of aromatic nitrogens is 4. The zero-order valence-corrected chi connectivity index (χ0v) is 12.5. The molecule has 0 aliphatic heterocycles. The van der Waals surface area contributed by atoms with Gasteiger partial charge in [-0.3, -0.25) is 0 Å². The summed E-state index contributed by atoms with van der Waals surface area (Å²) in [6.07, 6.45) is 4.94. The standard InChI is InChI=1S/C16H17N7/c17-13-11-8-19-16(23-14(11)22-15(18)21-13)20-12-7-3-5-9-4-1-2-6-10(9)12/h1-2,4,6,8,12H,3,5,7H2,(H5,17,18,19,20,21,22,23). The lowest BCUT2D eigenvalue weighted by Crippen LogP contribution is -2.18.